The zero-order valence-electron chi connectivity index (χ0n) is 13.6. The summed E-state index contributed by atoms with van der Waals surface area (Å²) in [6.45, 7) is 2.10. The van der Waals surface area contributed by atoms with Crippen LogP contribution in [0.15, 0.2) is 47.8 Å². The van der Waals surface area contributed by atoms with Crippen molar-refractivity contribution in [1.29, 1.82) is 0 Å². The molecule has 0 spiro atoms. The summed E-state index contributed by atoms with van der Waals surface area (Å²) in [6, 6.07) is 13.4. The molecule has 0 atom stereocenters. The van der Waals surface area contributed by atoms with Gasteiger partial charge in [-0.15, -0.1) is 16.4 Å². The highest BCUT2D eigenvalue weighted by molar-refractivity contribution is 7.13. The third-order valence-corrected chi connectivity index (χ3v) is 4.20. The molecule has 2 aromatic heterocycles. The fourth-order valence-electron chi connectivity index (χ4n) is 2.22. The van der Waals surface area contributed by atoms with Crippen molar-refractivity contribution in [3.63, 3.8) is 0 Å². The molecule has 2 amide bonds. The largest absolute Gasteiger partial charge is 0.355 e. The number of benzene rings is 1. The first-order chi connectivity index (χ1) is 12.1. The van der Waals surface area contributed by atoms with Crippen LogP contribution in [-0.4, -0.2) is 39.7 Å². The van der Waals surface area contributed by atoms with Crippen molar-refractivity contribution in [2.45, 2.75) is 6.92 Å². The molecule has 3 rings (SSSR count). The average molecular weight is 355 g/mol. The minimum absolute atomic E-state index is 0.0927. The van der Waals surface area contributed by atoms with Gasteiger partial charge in [-0.3, -0.25) is 9.59 Å². The molecular weight excluding hydrogens is 338 g/mol. The van der Waals surface area contributed by atoms with Crippen LogP contribution in [0.25, 0.3) is 16.4 Å². The highest BCUT2D eigenvalue weighted by Gasteiger charge is 2.18. The fraction of sp³-hybridized carbons (Fsp3) is 0.176. The van der Waals surface area contributed by atoms with Crippen LogP contribution in [0.5, 0.6) is 0 Å². The second-order valence-electron chi connectivity index (χ2n) is 5.22. The molecule has 2 N–H and O–H groups in total. The molecule has 0 saturated carbocycles. The van der Waals surface area contributed by atoms with Gasteiger partial charge in [-0.2, -0.15) is 0 Å². The topological polar surface area (TPSA) is 88.9 Å². The Morgan fingerprint density at radius 1 is 1.08 bits per heavy atom. The van der Waals surface area contributed by atoms with Crippen molar-refractivity contribution < 1.29 is 9.59 Å². The smallest absolute Gasteiger partial charge is 0.291 e. The van der Waals surface area contributed by atoms with Crippen LogP contribution < -0.4 is 10.6 Å². The molecule has 0 unspecified atom stereocenters. The molecule has 0 radical (unpaired) electrons. The number of hydrogen-bond acceptors (Lipinski definition) is 5. The molecule has 7 nitrogen and oxygen atoms in total. The first kappa shape index (κ1) is 16.8. The number of carbonyl (C=O) groups is 2. The molecule has 25 heavy (non-hydrogen) atoms. The van der Waals surface area contributed by atoms with Crippen LogP contribution in [0.2, 0.25) is 0 Å². The van der Waals surface area contributed by atoms with E-state index >= 15 is 0 Å². The van der Waals surface area contributed by atoms with E-state index in [2.05, 4.69) is 20.7 Å². The number of hydrogen-bond donors (Lipinski definition) is 2. The van der Waals surface area contributed by atoms with E-state index in [-0.39, 0.29) is 17.6 Å². The van der Waals surface area contributed by atoms with Gasteiger partial charge in [-0.1, -0.05) is 24.3 Å². The van der Waals surface area contributed by atoms with Gasteiger partial charge in [0.2, 0.25) is 11.7 Å². The van der Waals surface area contributed by atoms with Crippen LogP contribution >= 0.6 is 11.3 Å². The summed E-state index contributed by atoms with van der Waals surface area (Å²) in [4.78, 5) is 28.5. The zero-order valence-corrected chi connectivity index (χ0v) is 14.4. The van der Waals surface area contributed by atoms with Gasteiger partial charge >= 0.3 is 0 Å². The van der Waals surface area contributed by atoms with Gasteiger partial charge in [-0.05, 0) is 23.6 Å². The van der Waals surface area contributed by atoms with E-state index in [1.807, 2.05) is 47.8 Å². The van der Waals surface area contributed by atoms with Gasteiger partial charge in [0.1, 0.15) is 0 Å². The molecule has 0 saturated heterocycles. The predicted octanol–water partition coefficient (Wildman–Crippen LogP) is 1.86. The van der Waals surface area contributed by atoms with Crippen LogP contribution in [0.1, 0.15) is 17.5 Å². The van der Waals surface area contributed by atoms with E-state index in [0.29, 0.717) is 18.9 Å². The average Bonchev–Trinajstić information content (AvgIpc) is 3.28. The van der Waals surface area contributed by atoms with E-state index in [0.717, 1.165) is 10.6 Å². The third kappa shape index (κ3) is 4.10. The Labute approximate surface area is 148 Å². The molecule has 128 valence electrons. The number of amides is 2. The normalized spacial score (nSPS) is 10.4. The standard InChI is InChI=1S/C17H17N5O2S/c1-12(23)18-9-10-19-17(24)15-20-16(14-8-5-11-25-14)22(21-15)13-6-3-2-4-7-13/h2-8,11H,9-10H2,1H3,(H,18,23)(H,19,24). The lowest BCUT2D eigenvalue weighted by Gasteiger charge is -2.03. The van der Waals surface area contributed by atoms with Gasteiger partial charge in [0.25, 0.3) is 5.91 Å². The van der Waals surface area contributed by atoms with Crippen LogP contribution in [-0.2, 0) is 4.79 Å². The summed E-state index contributed by atoms with van der Waals surface area (Å²) in [6.07, 6.45) is 0. The first-order valence-corrected chi connectivity index (χ1v) is 8.62. The molecule has 0 aliphatic carbocycles. The lowest BCUT2D eigenvalue weighted by molar-refractivity contribution is -0.118. The van der Waals surface area contributed by atoms with E-state index in [1.54, 1.807) is 4.68 Å². The van der Waals surface area contributed by atoms with Gasteiger partial charge in [-0.25, -0.2) is 9.67 Å². The molecule has 0 bridgehead atoms. The Balaban J connectivity index is 1.84. The maximum Gasteiger partial charge on any atom is 0.291 e. The third-order valence-electron chi connectivity index (χ3n) is 3.34. The van der Waals surface area contributed by atoms with Crippen molar-refractivity contribution >= 4 is 23.2 Å². The summed E-state index contributed by atoms with van der Waals surface area (Å²) in [5.74, 6) is 0.196. The number of nitrogens with one attached hydrogen (secondary N) is 2. The number of aromatic nitrogens is 3. The lowest BCUT2D eigenvalue weighted by atomic mass is 10.3. The summed E-state index contributed by atoms with van der Waals surface area (Å²) in [5.41, 5.74) is 0.829. The molecule has 8 heteroatoms. The molecule has 0 aliphatic heterocycles. The maximum absolute atomic E-state index is 12.3. The van der Waals surface area contributed by atoms with Gasteiger partial charge in [0, 0.05) is 20.0 Å². The zero-order chi connectivity index (χ0) is 17.6. The molecule has 2 heterocycles. The van der Waals surface area contributed by atoms with Gasteiger partial charge in [0.15, 0.2) is 5.82 Å². The quantitative estimate of drug-likeness (QED) is 0.661. The molecule has 0 aliphatic rings. The minimum Gasteiger partial charge on any atom is -0.355 e. The van der Waals surface area contributed by atoms with E-state index < -0.39 is 0 Å². The highest BCUT2D eigenvalue weighted by Crippen LogP contribution is 2.25. The van der Waals surface area contributed by atoms with Gasteiger partial charge < -0.3 is 10.6 Å². The lowest BCUT2D eigenvalue weighted by Crippen LogP contribution is -2.34. The fourth-order valence-corrected chi connectivity index (χ4v) is 2.91. The van der Waals surface area contributed by atoms with Crippen LogP contribution in [0.4, 0.5) is 0 Å². The summed E-state index contributed by atoms with van der Waals surface area (Å²) < 4.78 is 1.66. The SMILES string of the molecule is CC(=O)NCCNC(=O)c1nc(-c2cccs2)n(-c2ccccc2)n1. The second kappa shape index (κ2) is 7.71. The van der Waals surface area contributed by atoms with Crippen molar-refractivity contribution in [2.75, 3.05) is 13.1 Å². The van der Waals surface area contributed by atoms with Crippen LogP contribution in [0, 0.1) is 0 Å². The summed E-state index contributed by atoms with van der Waals surface area (Å²) >= 11 is 1.53. The number of para-hydroxylation sites is 1. The van der Waals surface area contributed by atoms with E-state index in [4.69, 9.17) is 0 Å². The molecule has 3 aromatic rings. The van der Waals surface area contributed by atoms with Crippen molar-refractivity contribution in [1.82, 2.24) is 25.4 Å². The summed E-state index contributed by atoms with van der Waals surface area (Å²) in [7, 11) is 0. The Morgan fingerprint density at radius 2 is 1.84 bits per heavy atom. The second-order valence-corrected chi connectivity index (χ2v) is 6.17. The monoisotopic (exact) mass is 355 g/mol. The molecule has 0 fully saturated rings. The van der Waals surface area contributed by atoms with Crippen LogP contribution in [0.3, 0.4) is 0 Å². The Kier molecular flexibility index (Phi) is 5.20. The van der Waals surface area contributed by atoms with E-state index in [1.165, 1.54) is 18.3 Å². The Bertz CT molecular complexity index is 859. The number of nitrogens with zero attached hydrogens (tertiary/aromatic N) is 3. The molecular formula is C17H17N5O2S. The number of rotatable bonds is 6. The molecule has 1 aromatic carbocycles. The van der Waals surface area contributed by atoms with Crippen molar-refractivity contribution in [3.8, 4) is 16.4 Å². The highest BCUT2D eigenvalue weighted by atomic mass is 32.1. The number of carbonyl (C=O) groups excluding carboxylic acids is 2. The maximum atomic E-state index is 12.3. The van der Waals surface area contributed by atoms with Crippen molar-refractivity contribution in [3.05, 3.63) is 53.7 Å². The summed E-state index contributed by atoms with van der Waals surface area (Å²) in [5, 5.41) is 11.6. The first-order valence-electron chi connectivity index (χ1n) is 7.74. The Hall–Kier alpha value is -3.00. The van der Waals surface area contributed by atoms with Crippen molar-refractivity contribution in [2.24, 2.45) is 0 Å². The van der Waals surface area contributed by atoms with E-state index in [9.17, 15) is 9.59 Å². The predicted molar refractivity (Wildman–Crippen MR) is 95.7 cm³/mol. The minimum atomic E-state index is -0.377. The Morgan fingerprint density at radius 3 is 2.52 bits per heavy atom. The number of thiophene rings is 1. The van der Waals surface area contributed by atoms with Gasteiger partial charge in [0.05, 0.1) is 10.6 Å².